The Bertz CT molecular complexity index is 455. The van der Waals surface area contributed by atoms with E-state index in [1.54, 1.807) is 26.4 Å². The van der Waals surface area contributed by atoms with Gasteiger partial charge in [-0.05, 0) is 18.9 Å². The molecule has 0 radical (unpaired) electrons. The van der Waals surface area contributed by atoms with Gasteiger partial charge in [-0.2, -0.15) is 0 Å². The number of amides is 1. The lowest BCUT2D eigenvalue weighted by molar-refractivity contribution is -0.122. The summed E-state index contributed by atoms with van der Waals surface area (Å²) in [6.07, 6.45) is 1.29. The smallest absolute Gasteiger partial charge is 0.224 e. The van der Waals surface area contributed by atoms with Gasteiger partial charge in [-0.1, -0.05) is 6.07 Å². The first-order valence-corrected chi connectivity index (χ1v) is 6.30. The molecule has 0 spiro atoms. The monoisotopic (exact) mass is 265 g/mol. The number of aliphatic hydroxyl groups excluding tert-OH is 1. The first kappa shape index (κ1) is 13.7. The fourth-order valence-corrected chi connectivity index (χ4v) is 2.16. The lowest BCUT2D eigenvalue weighted by atomic mass is 9.89. The molecule has 2 N–H and O–H groups in total. The Morgan fingerprint density at radius 2 is 2.11 bits per heavy atom. The number of carbonyl (C=O) groups excluding carboxylic acids is 1. The van der Waals surface area contributed by atoms with Crippen LogP contribution in [0.15, 0.2) is 18.2 Å². The van der Waals surface area contributed by atoms with E-state index in [9.17, 15) is 9.90 Å². The molecule has 1 aliphatic carbocycles. The Hall–Kier alpha value is -1.75. The van der Waals surface area contributed by atoms with Crippen molar-refractivity contribution in [3.8, 4) is 11.5 Å². The van der Waals surface area contributed by atoms with Crippen molar-refractivity contribution >= 4 is 5.91 Å². The molecule has 2 rings (SSSR count). The lowest BCUT2D eigenvalue weighted by Crippen LogP contribution is -2.47. The Kier molecular flexibility index (Phi) is 4.27. The summed E-state index contributed by atoms with van der Waals surface area (Å²) < 4.78 is 10.4. The van der Waals surface area contributed by atoms with Gasteiger partial charge in [0.1, 0.15) is 11.5 Å². The van der Waals surface area contributed by atoms with Crippen molar-refractivity contribution in [3.63, 3.8) is 0 Å². The summed E-state index contributed by atoms with van der Waals surface area (Å²) in [4.78, 5) is 11.9. The topological polar surface area (TPSA) is 67.8 Å². The molecule has 1 aliphatic rings. The zero-order valence-corrected chi connectivity index (χ0v) is 11.2. The molecule has 1 saturated carbocycles. The van der Waals surface area contributed by atoms with Gasteiger partial charge in [0.05, 0.1) is 26.7 Å². The predicted octanol–water partition coefficient (Wildman–Crippen LogP) is 0.886. The van der Waals surface area contributed by atoms with Gasteiger partial charge < -0.3 is 19.9 Å². The summed E-state index contributed by atoms with van der Waals surface area (Å²) >= 11 is 0. The van der Waals surface area contributed by atoms with E-state index >= 15 is 0 Å². The number of aliphatic hydroxyl groups is 1. The molecule has 1 amide bonds. The number of ether oxygens (including phenoxy) is 2. The molecule has 1 fully saturated rings. The molecule has 0 aliphatic heterocycles. The fraction of sp³-hybridized carbons (Fsp3) is 0.500. The van der Waals surface area contributed by atoms with Gasteiger partial charge in [0, 0.05) is 17.7 Å². The van der Waals surface area contributed by atoms with Crippen molar-refractivity contribution in [2.45, 2.75) is 31.4 Å². The van der Waals surface area contributed by atoms with Crippen molar-refractivity contribution in [1.29, 1.82) is 0 Å². The second-order valence-corrected chi connectivity index (χ2v) is 4.74. The fourth-order valence-electron chi connectivity index (χ4n) is 2.16. The van der Waals surface area contributed by atoms with Gasteiger partial charge in [-0.3, -0.25) is 4.79 Å². The standard InChI is InChI=1S/C14H19NO4/c1-18-12-4-3-9(13(8-12)19-2)5-14(17)15-10-6-11(16)7-10/h3-4,8,10-11,16H,5-7H2,1-2H3,(H,15,17). The van der Waals surface area contributed by atoms with E-state index in [2.05, 4.69) is 5.32 Å². The summed E-state index contributed by atoms with van der Waals surface area (Å²) in [6.45, 7) is 0. The minimum atomic E-state index is -0.263. The highest BCUT2D eigenvalue weighted by atomic mass is 16.5. The van der Waals surface area contributed by atoms with Crippen LogP contribution in [0.3, 0.4) is 0 Å². The quantitative estimate of drug-likeness (QED) is 0.829. The van der Waals surface area contributed by atoms with Crippen molar-refractivity contribution in [1.82, 2.24) is 5.32 Å². The van der Waals surface area contributed by atoms with Gasteiger partial charge in [-0.25, -0.2) is 0 Å². The van der Waals surface area contributed by atoms with Gasteiger partial charge >= 0.3 is 0 Å². The van der Waals surface area contributed by atoms with Crippen LogP contribution in [-0.4, -0.2) is 37.4 Å². The molecule has 5 nitrogen and oxygen atoms in total. The van der Waals surface area contributed by atoms with Crippen LogP contribution < -0.4 is 14.8 Å². The zero-order chi connectivity index (χ0) is 13.8. The van der Waals surface area contributed by atoms with E-state index in [0.29, 0.717) is 24.3 Å². The molecule has 5 heteroatoms. The second-order valence-electron chi connectivity index (χ2n) is 4.74. The molecule has 0 aromatic heterocycles. The molecule has 19 heavy (non-hydrogen) atoms. The predicted molar refractivity (Wildman–Crippen MR) is 70.4 cm³/mol. The minimum absolute atomic E-state index is 0.0552. The highest BCUT2D eigenvalue weighted by Crippen LogP contribution is 2.25. The Morgan fingerprint density at radius 1 is 1.37 bits per heavy atom. The first-order chi connectivity index (χ1) is 9.12. The van der Waals surface area contributed by atoms with Gasteiger partial charge in [0.2, 0.25) is 5.91 Å². The molecule has 104 valence electrons. The van der Waals surface area contributed by atoms with Crippen LogP contribution in [0.4, 0.5) is 0 Å². The number of hydrogen-bond acceptors (Lipinski definition) is 4. The third kappa shape index (κ3) is 3.38. The number of benzene rings is 1. The van der Waals surface area contributed by atoms with E-state index in [1.807, 2.05) is 6.07 Å². The Morgan fingerprint density at radius 3 is 2.68 bits per heavy atom. The van der Waals surface area contributed by atoms with Gasteiger partial charge in [0.15, 0.2) is 0 Å². The van der Waals surface area contributed by atoms with Crippen LogP contribution in [0.2, 0.25) is 0 Å². The van der Waals surface area contributed by atoms with E-state index in [1.165, 1.54) is 0 Å². The molecular weight excluding hydrogens is 246 g/mol. The summed E-state index contributed by atoms with van der Waals surface area (Å²) in [7, 11) is 3.15. The number of hydrogen-bond donors (Lipinski definition) is 2. The Balaban J connectivity index is 1.96. The van der Waals surface area contributed by atoms with Crippen LogP contribution in [0, 0.1) is 0 Å². The largest absolute Gasteiger partial charge is 0.497 e. The van der Waals surface area contributed by atoms with Crippen molar-refractivity contribution in [2.24, 2.45) is 0 Å². The normalized spacial score (nSPS) is 21.4. The number of rotatable bonds is 5. The molecule has 0 unspecified atom stereocenters. The van der Waals surface area contributed by atoms with Crippen LogP contribution >= 0.6 is 0 Å². The lowest BCUT2D eigenvalue weighted by Gasteiger charge is -2.32. The van der Waals surface area contributed by atoms with Crippen LogP contribution in [0.5, 0.6) is 11.5 Å². The molecule has 0 saturated heterocycles. The number of carbonyl (C=O) groups is 1. The Labute approximate surface area is 112 Å². The summed E-state index contributed by atoms with van der Waals surface area (Å²) in [5, 5.41) is 12.1. The molecular formula is C14H19NO4. The minimum Gasteiger partial charge on any atom is -0.497 e. The number of methoxy groups -OCH3 is 2. The van der Waals surface area contributed by atoms with Crippen LogP contribution in [-0.2, 0) is 11.2 Å². The highest BCUT2D eigenvalue weighted by molar-refractivity contribution is 5.79. The van der Waals surface area contributed by atoms with E-state index < -0.39 is 0 Å². The second kappa shape index (κ2) is 5.93. The van der Waals surface area contributed by atoms with Crippen molar-refractivity contribution in [2.75, 3.05) is 14.2 Å². The maximum atomic E-state index is 11.9. The third-order valence-electron chi connectivity index (χ3n) is 3.32. The summed E-state index contributed by atoms with van der Waals surface area (Å²) in [6, 6.07) is 5.49. The van der Waals surface area contributed by atoms with Crippen LogP contribution in [0.25, 0.3) is 0 Å². The molecule has 0 atom stereocenters. The van der Waals surface area contributed by atoms with E-state index in [4.69, 9.17) is 9.47 Å². The maximum Gasteiger partial charge on any atom is 0.224 e. The van der Waals surface area contributed by atoms with E-state index in [0.717, 1.165) is 5.56 Å². The SMILES string of the molecule is COc1ccc(CC(=O)NC2CC(O)C2)c(OC)c1. The van der Waals surface area contributed by atoms with Gasteiger partial charge in [0.25, 0.3) is 0 Å². The maximum absolute atomic E-state index is 11.9. The summed E-state index contributed by atoms with van der Waals surface area (Å²) in [5.41, 5.74) is 0.820. The molecule has 1 aromatic rings. The third-order valence-corrected chi connectivity index (χ3v) is 3.32. The van der Waals surface area contributed by atoms with Crippen molar-refractivity contribution in [3.05, 3.63) is 23.8 Å². The van der Waals surface area contributed by atoms with E-state index in [-0.39, 0.29) is 24.5 Å². The molecule has 1 aromatic carbocycles. The van der Waals surface area contributed by atoms with Gasteiger partial charge in [-0.15, -0.1) is 0 Å². The zero-order valence-electron chi connectivity index (χ0n) is 11.2. The van der Waals surface area contributed by atoms with Crippen LogP contribution in [0.1, 0.15) is 18.4 Å². The molecule has 0 heterocycles. The average Bonchev–Trinajstić information content (AvgIpc) is 2.37. The van der Waals surface area contributed by atoms with Crippen molar-refractivity contribution < 1.29 is 19.4 Å². The summed E-state index contributed by atoms with van der Waals surface area (Å²) in [5.74, 6) is 1.28. The number of nitrogens with one attached hydrogen (secondary N) is 1. The first-order valence-electron chi connectivity index (χ1n) is 6.30. The highest BCUT2D eigenvalue weighted by Gasteiger charge is 2.28. The molecule has 0 bridgehead atoms. The average molecular weight is 265 g/mol.